The average molecular weight is 458 g/mol. The van der Waals surface area contributed by atoms with Gasteiger partial charge in [0.15, 0.2) is 12.4 Å². The Hall–Kier alpha value is -3.24. The lowest BCUT2D eigenvalue weighted by molar-refractivity contribution is -0.119. The number of carbonyl (C=O) groups excluding carboxylic acids is 3. The van der Waals surface area contributed by atoms with Gasteiger partial charge in [0.1, 0.15) is 11.8 Å². The van der Waals surface area contributed by atoms with Crippen LogP contribution in [0.15, 0.2) is 41.3 Å². The van der Waals surface area contributed by atoms with Crippen molar-refractivity contribution in [3.63, 3.8) is 0 Å². The Morgan fingerprint density at radius 3 is 2.75 bits per heavy atom. The fourth-order valence-corrected chi connectivity index (χ4v) is 5.83. The molecule has 0 bridgehead atoms. The molecule has 32 heavy (non-hydrogen) atoms. The Balaban J connectivity index is 1.60. The van der Waals surface area contributed by atoms with Crippen LogP contribution >= 0.6 is 0 Å². The highest BCUT2D eigenvalue weighted by Crippen LogP contribution is 2.36. The summed E-state index contributed by atoms with van der Waals surface area (Å²) >= 11 is 0. The first-order valence-corrected chi connectivity index (χ1v) is 11.6. The number of ether oxygens (including phenoxy) is 1. The molecule has 0 aromatic heterocycles. The van der Waals surface area contributed by atoms with Crippen molar-refractivity contribution in [1.29, 1.82) is 0 Å². The molecule has 0 aliphatic carbocycles. The lowest BCUT2D eigenvalue weighted by Gasteiger charge is -2.26. The fraction of sp³-hybridized carbons (Fsp3) is 0.318. The van der Waals surface area contributed by atoms with E-state index >= 15 is 0 Å². The highest BCUT2D eigenvalue weighted by atomic mass is 32.2. The van der Waals surface area contributed by atoms with Crippen LogP contribution in [0.5, 0.6) is 5.75 Å². The Labute approximate surface area is 185 Å². The van der Waals surface area contributed by atoms with Gasteiger partial charge >= 0.3 is 0 Å². The van der Waals surface area contributed by atoms with E-state index in [1.807, 2.05) is 0 Å². The van der Waals surface area contributed by atoms with Crippen LogP contribution in [0.2, 0.25) is 0 Å². The van der Waals surface area contributed by atoms with Gasteiger partial charge in [0.25, 0.3) is 5.91 Å². The average Bonchev–Trinajstić information content (AvgIpc) is 3.24. The number of anilines is 2. The van der Waals surface area contributed by atoms with Gasteiger partial charge in [0, 0.05) is 23.9 Å². The van der Waals surface area contributed by atoms with E-state index in [0.717, 1.165) is 0 Å². The van der Waals surface area contributed by atoms with Crippen molar-refractivity contribution < 1.29 is 27.5 Å². The SMILES string of the molecule is CC(=O)c1cccc(NC(=O)C2CCCN2S(=O)(=O)c2cc3c(cc2C)NC(=O)CO3)c1. The molecule has 1 unspecified atom stereocenters. The molecule has 2 amide bonds. The number of nitrogens with one attached hydrogen (secondary N) is 2. The summed E-state index contributed by atoms with van der Waals surface area (Å²) < 4.78 is 33.5. The second-order valence-corrected chi connectivity index (χ2v) is 9.71. The third-order valence-corrected chi connectivity index (χ3v) is 7.59. The molecule has 0 spiro atoms. The van der Waals surface area contributed by atoms with Gasteiger partial charge in [-0.1, -0.05) is 12.1 Å². The second kappa shape index (κ2) is 8.36. The Morgan fingerprint density at radius 1 is 1.22 bits per heavy atom. The molecular formula is C22H23N3O6S. The molecule has 2 N–H and O–H groups in total. The molecule has 9 nitrogen and oxygen atoms in total. The number of hydrogen-bond acceptors (Lipinski definition) is 6. The van der Waals surface area contributed by atoms with Crippen molar-refractivity contribution >= 4 is 39.0 Å². The molecule has 0 radical (unpaired) electrons. The van der Waals surface area contributed by atoms with E-state index in [-0.39, 0.29) is 35.5 Å². The summed E-state index contributed by atoms with van der Waals surface area (Å²) in [4.78, 5) is 36.1. The molecular weight excluding hydrogens is 434 g/mol. The molecule has 1 saturated heterocycles. The van der Waals surface area contributed by atoms with Gasteiger partial charge < -0.3 is 15.4 Å². The largest absolute Gasteiger partial charge is 0.482 e. The minimum atomic E-state index is -4.00. The Morgan fingerprint density at radius 2 is 2.00 bits per heavy atom. The second-order valence-electron chi connectivity index (χ2n) is 7.85. The van der Waals surface area contributed by atoms with E-state index in [2.05, 4.69) is 10.6 Å². The summed E-state index contributed by atoms with van der Waals surface area (Å²) in [6.45, 7) is 3.08. The van der Waals surface area contributed by atoms with Gasteiger partial charge in [-0.2, -0.15) is 4.31 Å². The molecule has 10 heteroatoms. The first-order valence-electron chi connectivity index (χ1n) is 10.2. The third-order valence-electron chi connectivity index (χ3n) is 5.54. The van der Waals surface area contributed by atoms with Crippen LogP contribution in [-0.2, 0) is 19.6 Å². The Kier molecular flexibility index (Phi) is 5.74. The van der Waals surface area contributed by atoms with Gasteiger partial charge in [0.2, 0.25) is 15.9 Å². The molecule has 2 aromatic carbocycles. The topological polar surface area (TPSA) is 122 Å². The first kappa shape index (κ1) is 22.0. The van der Waals surface area contributed by atoms with Crippen LogP contribution in [-0.4, -0.2) is 49.5 Å². The number of aryl methyl sites for hydroxylation is 1. The van der Waals surface area contributed by atoms with Gasteiger partial charge in [0.05, 0.1) is 10.6 Å². The lowest BCUT2D eigenvalue weighted by atomic mass is 10.1. The predicted molar refractivity (Wildman–Crippen MR) is 117 cm³/mol. The summed E-state index contributed by atoms with van der Waals surface area (Å²) in [5.74, 6) is -0.619. The number of hydrogen-bond donors (Lipinski definition) is 2. The number of rotatable bonds is 5. The molecule has 2 aromatic rings. The molecule has 1 atom stereocenters. The van der Waals surface area contributed by atoms with Crippen molar-refractivity contribution in [3.05, 3.63) is 47.5 Å². The smallest absolute Gasteiger partial charge is 0.262 e. The van der Waals surface area contributed by atoms with Crippen LogP contribution in [0.25, 0.3) is 0 Å². The van der Waals surface area contributed by atoms with E-state index in [9.17, 15) is 22.8 Å². The number of carbonyl (C=O) groups is 3. The number of sulfonamides is 1. The van der Waals surface area contributed by atoms with Gasteiger partial charge in [-0.3, -0.25) is 14.4 Å². The number of nitrogens with zero attached hydrogens (tertiary/aromatic N) is 1. The standard InChI is InChI=1S/C22H23N3O6S/c1-13-9-17-19(31-12-21(27)24-17)11-20(13)32(29,30)25-8-4-7-18(25)22(28)23-16-6-3-5-15(10-16)14(2)26/h3,5-6,9-11,18H,4,7-8,12H2,1-2H3,(H,23,28)(H,24,27). The van der Waals surface area contributed by atoms with Crippen molar-refractivity contribution in [2.75, 3.05) is 23.8 Å². The van der Waals surface area contributed by atoms with E-state index in [0.29, 0.717) is 35.3 Å². The zero-order valence-electron chi connectivity index (χ0n) is 17.7. The summed E-state index contributed by atoms with van der Waals surface area (Å²) in [7, 11) is -4.00. The maximum absolute atomic E-state index is 13.5. The zero-order chi connectivity index (χ0) is 23.0. The minimum absolute atomic E-state index is 0.0330. The maximum Gasteiger partial charge on any atom is 0.262 e. The van der Waals surface area contributed by atoms with E-state index in [1.54, 1.807) is 37.3 Å². The number of amides is 2. The first-order chi connectivity index (χ1) is 15.2. The normalized spacial score (nSPS) is 18.4. The highest BCUT2D eigenvalue weighted by molar-refractivity contribution is 7.89. The van der Waals surface area contributed by atoms with Crippen molar-refractivity contribution in [2.24, 2.45) is 0 Å². The fourth-order valence-electron chi connectivity index (χ4n) is 3.95. The third kappa shape index (κ3) is 4.11. The maximum atomic E-state index is 13.5. The van der Waals surface area contributed by atoms with E-state index in [4.69, 9.17) is 4.74 Å². The van der Waals surface area contributed by atoms with Gasteiger partial charge in [-0.25, -0.2) is 8.42 Å². The van der Waals surface area contributed by atoms with Gasteiger partial charge in [-0.15, -0.1) is 0 Å². The van der Waals surface area contributed by atoms with Crippen molar-refractivity contribution in [1.82, 2.24) is 4.31 Å². The number of benzene rings is 2. The summed E-state index contributed by atoms with van der Waals surface area (Å²) in [5.41, 5.74) is 1.74. The summed E-state index contributed by atoms with van der Waals surface area (Å²) in [5, 5.41) is 5.39. The molecule has 1 fully saturated rings. The molecule has 4 rings (SSSR count). The highest BCUT2D eigenvalue weighted by Gasteiger charge is 2.40. The Bertz CT molecular complexity index is 1220. The van der Waals surface area contributed by atoms with Crippen LogP contribution in [0.3, 0.4) is 0 Å². The molecule has 168 valence electrons. The lowest BCUT2D eigenvalue weighted by Crippen LogP contribution is -2.43. The molecule has 0 saturated carbocycles. The number of Topliss-reactive ketones (excluding diaryl/α,β-unsaturated/α-hetero) is 1. The molecule has 2 heterocycles. The molecule has 2 aliphatic rings. The molecule has 2 aliphatic heterocycles. The number of ketones is 1. The van der Waals surface area contributed by atoms with Crippen LogP contribution < -0.4 is 15.4 Å². The number of fused-ring (bicyclic) bond motifs is 1. The van der Waals surface area contributed by atoms with Gasteiger partial charge in [-0.05, 0) is 50.5 Å². The van der Waals surface area contributed by atoms with Crippen molar-refractivity contribution in [3.8, 4) is 5.75 Å². The zero-order valence-corrected chi connectivity index (χ0v) is 18.5. The van der Waals surface area contributed by atoms with E-state index < -0.39 is 22.0 Å². The van der Waals surface area contributed by atoms with Crippen LogP contribution in [0, 0.1) is 6.92 Å². The van der Waals surface area contributed by atoms with Crippen LogP contribution in [0.1, 0.15) is 35.7 Å². The minimum Gasteiger partial charge on any atom is -0.482 e. The van der Waals surface area contributed by atoms with E-state index in [1.165, 1.54) is 17.3 Å². The van der Waals surface area contributed by atoms with Crippen LogP contribution in [0.4, 0.5) is 11.4 Å². The monoisotopic (exact) mass is 457 g/mol. The summed E-state index contributed by atoms with van der Waals surface area (Å²) in [6.07, 6.45) is 0.926. The van der Waals surface area contributed by atoms with Crippen molar-refractivity contribution in [2.45, 2.75) is 37.6 Å². The predicted octanol–water partition coefficient (Wildman–Crippen LogP) is 2.32. The quantitative estimate of drug-likeness (QED) is 0.665. The summed E-state index contributed by atoms with van der Waals surface area (Å²) in [6, 6.07) is 8.58.